The maximum absolute atomic E-state index is 12.4. The molecule has 2 heterocycles. The van der Waals surface area contributed by atoms with Crippen LogP contribution in [0.4, 0.5) is 5.95 Å². The van der Waals surface area contributed by atoms with Gasteiger partial charge in [0.1, 0.15) is 0 Å². The minimum atomic E-state index is -0.223. The highest BCUT2D eigenvalue weighted by Gasteiger charge is 2.34. The number of aromatic nitrogens is 2. The summed E-state index contributed by atoms with van der Waals surface area (Å²) in [5.41, 5.74) is 7.67. The minimum Gasteiger partial charge on any atom is -0.369 e. The molecule has 6 nitrogen and oxygen atoms in total. The molecule has 0 atom stereocenters. The van der Waals surface area contributed by atoms with Gasteiger partial charge in [-0.25, -0.2) is 9.97 Å². The number of nitrogens with two attached hydrogens (primary N) is 1. The Labute approximate surface area is 136 Å². The Kier molecular flexibility index (Phi) is 3.86. The third kappa shape index (κ3) is 3.07. The number of hydrogen-bond acceptors (Lipinski definition) is 5. The molecule has 2 aliphatic rings. The molecule has 1 amide bonds. The highest BCUT2D eigenvalue weighted by Crippen LogP contribution is 2.35. The number of aryl methyl sites for hydroxylation is 1. The van der Waals surface area contributed by atoms with Crippen molar-refractivity contribution in [3.63, 3.8) is 0 Å². The number of Topliss-reactive ketones (excluding diaryl/α,β-unsaturated/α-hetero) is 1. The molecule has 1 aromatic rings. The second-order valence-corrected chi connectivity index (χ2v) is 7.54. The molecule has 0 bridgehead atoms. The van der Waals surface area contributed by atoms with Crippen LogP contribution >= 0.6 is 0 Å². The number of carbonyl (C=O) groups excluding carboxylic acids is 2. The number of amides is 1. The van der Waals surface area contributed by atoms with Crippen LogP contribution in [0.1, 0.15) is 54.9 Å². The van der Waals surface area contributed by atoms with Gasteiger partial charge in [-0.05, 0) is 31.6 Å². The van der Waals surface area contributed by atoms with Crippen LogP contribution in [-0.4, -0.2) is 34.7 Å². The summed E-state index contributed by atoms with van der Waals surface area (Å²) >= 11 is 0. The first-order valence-corrected chi connectivity index (χ1v) is 8.22. The van der Waals surface area contributed by atoms with E-state index in [0.29, 0.717) is 17.9 Å². The molecular formula is C17H24N4O2. The first kappa shape index (κ1) is 15.9. The molecule has 23 heavy (non-hydrogen) atoms. The summed E-state index contributed by atoms with van der Waals surface area (Å²) in [6, 6.07) is 0. The Bertz CT molecular complexity index is 661. The lowest BCUT2D eigenvalue weighted by molar-refractivity contribution is -0.122. The summed E-state index contributed by atoms with van der Waals surface area (Å²) in [4.78, 5) is 35.0. The normalized spacial score (nSPS) is 21.2. The Morgan fingerprint density at radius 3 is 2.48 bits per heavy atom. The van der Waals surface area contributed by atoms with Gasteiger partial charge in [-0.3, -0.25) is 9.59 Å². The fourth-order valence-corrected chi connectivity index (χ4v) is 3.65. The van der Waals surface area contributed by atoms with Crippen LogP contribution in [0.3, 0.4) is 0 Å². The average Bonchev–Trinajstić information content (AvgIpc) is 2.44. The Hall–Kier alpha value is -1.98. The molecule has 2 N–H and O–H groups in total. The third-order valence-electron chi connectivity index (χ3n) is 4.90. The smallest absolute Gasteiger partial charge is 0.225 e. The van der Waals surface area contributed by atoms with Crippen LogP contribution in [0.15, 0.2) is 0 Å². The van der Waals surface area contributed by atoms with Gasteiger partial charge in [-0.2, -0.15) is 0 Å². The van der Waals surface area contributed by atoms with Crippen LogP contribution in [-0.2, 0) is 11.2 Å². The fraction of sp³-hybridized carbons (Fsp3) is 0.647. The van der Waals surface area contributed by atoms with E-state index in [9.17, 15) is 9.59 Å². The van der Waals surface area contributed by atoms with E-state index in [1.165, 1.54) is 0 Å². The number of hydrogen-bond donors (Lipinski definition) is 1. The summed E-state index contributed by atoms with van der Waals surface area (Å²) in [7, 11) is 0. The van der Waals surface area contributed by atoms with Gasteiger partial charge in [0.05, 0.1) is 17.0 Å². The zero-order valence-electron chi connectivity index (χ0n) is 14.1. The van der Waals surface area contributed by atoms with Crippen LogP contribution in [0.5, 0.6) is 0 Å². The van der Waals surface area contributed by atoms with Crippen LogP contribution in [0, 0.1) is 18.3 Å². The van der Waals surface area contributed by atoms with Gasteiger partial charge in [0, 0.05) is 25.4 Å². The van der Waals surface area contributed by atoms with Gasteiger partial charge < -0.3 is 10.6 Å². The van der Waals surface area contributed by atoms with E-state index < -0.39 is 0 Å². The molecule has 3 rings (SSSR count). The molecule has 0 spiro atoms. The molecule has 0 radical (unpaired) electrons. The highest BCUT2D eigenvalue weighted by atomic mass is 16.1. The van der Waals surface area contributed by atoms with E-state index in [-0.39, 0.29) is 23.0 Å². The predicted molar refractivity (Wildman–Crippen MR) is 87.3 cm³/mol. The number of carbonyl (C=O) groups is 2. The van der Waals surface area contributed by atoms with Gasteiger partial charge >= 0.3 is 0 Å². The second kappa shape index (κ2) is 5.58. The van der Waals surface area contributed by atoms with Crippen LogP contribution in [0.2, 0.25) is 0 Å². The van der Waals surface area contributed by atoms with E-state index in [2.05, 4.69) is 23.7 Å². The van der Waals surface area contributed by atoms with E-state index in [1.807, 2.05) is 6.92 Å². The number of rotatable bonds is 2. The van der Waals surface area contributed by atoms with Gasteiger partial charge in [0.2, 0.25) is 11.9 Å². The maximum atomic E-state index is 12.4. The summed E-state index contributed by atoms with van der Waals surface area (Å²) in [6.45, 7) is 7.54. The Morgan fingerprint density at radius 1 is 1.22 bits per heavy atom. The van der Waals surface area contributed by atoms with Crippen molar-refractivity contribution in [1.29, 1.82) is 0 Å². The first-order chi connectivity index (χ1) is 10.8. The monoisotopic (exact) mass is 316 g/mol. The molecule has 124 valence electrons. The van der Waals surface area contributed by atoms with Gasteiger partial charge in [-0.15, -0.1) is 0 Å². The van der Waals surface area contributed by atoms with Crippen molar-refractivity contribution in [3.05, 3.63) is 17.0 Å². The Balaban J connectivity index is 1.87. The van der Waals surface area contributed by atoms with Gasteiger partial charge in [0.25, 0.3) is 0 Å². The average molecular weight is 316 g/mol. The molecule has 1 aromatic heterocycles. The van der Waals surface area contributed by atoms with Crippen molar-refractivity contribution in [2.45, 2.75) is 46.5 Å². The van der Waals surface area contributed by atoms with E-state index in [0.717, 1.165) is 43.7 Å². The number of ketones is 1. The van der Waals surface area contributed by atoms with Gasteiger partial charge in [0.15, 0.2) is 5.78 Å². The standard InChI is InChI=1S/C17H24N4O2/c1-10-14-12(8-17(2,3)9-13(14)22)20-16(19-10)21-6-4-11(5-7-21)15(18)23/h11H,4-9H2,1-3H3,(H2,18,23). The van der Waals surface area contributed by atoms with Crippen molar-refractivity contribution in [1.82, 2.24) is 9.97 Å². The van der Waals surface area contributed by atoms with Gasteiger partial charge in [-0.1, -0.05) is 13.8 Å². The number of piperidine rings is 1. The highest BCUT2D eigenvalue weighted by molar-refractivity contribution is 5.99. The summed E-state index contributed by atoms with van der Waals surface area (Å²) < 4.78 is 0. The van der Waals surface area contributed by atoms with E-state index in [1.54, 1.807) is 0 Å². The zero-order chi connectivity index (χ0) is 16.8. The molecule has 0 saturated carbocycles. The minimum absolute atomic E-state index is 0.0505. The quantitative estimate of drug-likeness (QED) is 0.896. The molecule has 1 aliphatic heterocycles. The lowest BCUT2D eigenvalue weighted by atomic mass is 9.75. The van der Waals surface area contributed by atoms with Crippen LogP contribution in [0.25, 0.3) is 0 Å². The zero-order valence-corrected chi connectivity index (χ0v) is 14.1. The molecule has 6 heteroatoms. The molecule has 0 unspecified atom stereocenters. The molecule has 1 aliphatic carbocycles. The maximum Gasteiger partial charge on any atom is 0.225 e. The largest absolute Gasteiger partial charge is 0.369 e. The fourth-order valence-electron chi connectivity index (χ4n) is 3.65. The number of fused-ring (bicyclic) bond motifs is 1. The lowest BCUT2D eigenvalue weighted by Gasteiger charge is -2.33. The molecule has 0 aromatic carbocycles. The predicted octanol–water partition coefficient (Wildman–Crippen LogP) is 1.64. The summed E-state index contributed by atoms with van der Waals surface area (Å²) in [6.07, 6.45) is 2.81. The van der Waals surface area contributed by atoms with Crippen molar-refractivity contribution in [3.8, 4) is 0 Å². The Morgan fingerprint density at radius 2 is 1.87 bits per heavy atom. The second-order valence-electron chi connectivity index (χ2n) is 7.54. The summed E-state index contributed by atoms with van der Waals surface area (Å²) in [5, 5.41) is 0. The molecule has 1 saturated heterocycles. The van der Waals surface area contributed by atoms with Crippen molar-refractivity contribution in [2.24, 2.45) is 17.1 Å². The molecule has 1 fully saturated rings. The third-order valence-corrected chi connectivity index (χ3v) is 4.90. The number of nitrogens with zero attached hydrogens (tertiary/aromatic N) is 3. The SMILES string of the molecule is Cc1nc(N2CCC(C(N)=O)CC2)nc2c1C(=O)CC(C)(C)C2. The summed E-state index contributed by atoms with van der Waals surface area (Å²) in [5.74, 6) is 0.549. The molecular weight excluding hydrogens is 292 g/mol. The van der Waals surface area contributed by atoms with E-state index in [4.69, 9.17) is 10.7 Å². The number of anilines is 1. The van der Waals surface area contributed by atoms with Crippen molar-refractivity contribution < 1.29 is 9.59 Å². The van der Waals surface area contributed by atoms with E-state index >= 15 is 0 Å². The topological polar surface area (TPSA) is 89.2 Å². The van der Waals surface area contributed by atoms with Crippen molar-refractivity contribution >= 4 is 17.6 Å². The van der Waals surface area contributed by atoms with Crippen LogP contribution < -0.4 is 10.6 Å². The first-order valence-electron chi connectivity index (χ1n) is 8.22. The van der Waals surface area contributed by atoms with Crippen molar-refractivity contribution in [2.75, 3.05) is 18.0 Å². The number of primary amides is 1. The lowest BCUT2D eigenvalue weighted by Crippen LogP contribution is -2.40.